The molecule has 0 aromatic heterocycles. The van der Waals surface area contributed by atoms with E-state index in [1.807, 2.05) is 9.80 Å². The van der Waals surface area contributed by atoms with Gasteiger partial charge in [-0.1, -0.05) is 43.7 Å². The lowest BCUT2D eigenvalue weighted by molar-refractivity contribution is -0.147. The first-order chi connectivity index (χ1) is 12.5. The number of piperidine rings is 1. The molecule has 2 aliphatic rings. The number of rotatable bonds is 5. The zero-order valence-electron chi connectivity index (χ0n) is 16.5. The summed E-state index contributed by atoms with van der Waals surface area (Å²) in [6, 6.07) is 8.40. The molecule has 2 amide bonds. The molecule has 2 saturated heterocycles. The lowest BCUT2D eigenvalue weighted by Gasteiger charge is -2.39. The molecule has 2 fully saturated rings. The predicted molar refractivity (Wildman–Crippen MR) is 104 cm³/mol. The largest absolute Gasteiger partial charge is 0.341 e. The van der Waals surface area contributed by atoms with Crippen LogP contribution in [0.15, 0.2) is 24.3 Å². The highest BCUT2D eigenvalue weighted by Gasteiger charge is 2.49. The minimum absolute atomic E-state index is 0.104. The van der Waals surface area contributed by atoms with Gasteiger partial charge in [0.15, 0.2) is 0 Å². The third kappa shape index (κ3) is 3.65. The van der Waals surface area contributed by atoms with Crippen LogP contribution in [0.2, 0.25) is 0 Å². The van der Waals surface area contributed by atoms with E-state index >= 15 is 0 Å². The fourth-order valence-electron chi connectivity index (χ4n) is 4.67. The molecule has 1 atom stereocenters. The number of aryl methyl sites for hydroxylation is 1. The van der Waals surface area contributed by atoms with Crippen molar-refractivity contribution in [1.29, 1.82) is 0 Å². The number of nitrogens with zero attached hydrogens (tertiary/aromatic N) is 2. The highest BCUT2D eigenvalue weighted by molar-refractivity contribution is 5.86. The Morgan fingerprint density at radius 3 is 2.65 bits per heavy atom. The van der Waals surface area contributed by atoms with Crippen molar-refractivity contribution in [2.24, 2.45) is 11.3 Å². The molecule has 4 heteroatoms. The van der Waals surface area contributed by atoms with Crippen molar-refractivity contribution in [3.05, 3.63) is 35.4 Å². The second kappa shape index (κ2) is 7.81. The highest BCUT2D eigenvalue weighted by atomic mass is 16.2. The van der Waals surface area contributed by atoms with Crippen molar-refractivity contribution in [2.45, 2.75) is 59.4 Å². The van der Waals surface area contributed by atoms with Gasteiger partial charge in [0.1, 0.15) is 0 Å². The first kappa shape index (κ1) is 18.9. The number of carbonyl (C=O) groups excluding carboxylic acids is 2. The Morgan fingerprint density at radius 2 is 1.96 bits per heavy atom. The number of likely N-dealkylation sites (tertiary alicyclic amines) is 2. The molecule has 1 aromatic carbocycles. The van der Waals surface area contributed by atoms with Gasteiger partial charge in [-0.05, 0) is 44.6 Å². The molecule has 1 aromatic rings. The number of amides is 2. The number of carbonyl (C=O) groups is 2. The van der Waals surface area contributed by atoms with Crippen molar-refractivity contribution in [1.82, 2.24) is 9.80 Å². The Bertz CT molecular complexity index is 668. The molecular weight excluding hydrogens is 324 g/mol. The second-order valence-electron chi connectivity index (χ2n) is 8.12. The van der Waals surface area contributed by atoms with Gasteiger partial charge in [0.2, 0.25) is 11.8 Å². The normalized spacial score (nSPS) is 23.3. The average molecular weight is 357 g/mol. The topological polar surface area (TPSA) is 40.6 Å². The van der Waals surface area contributed by atoms with Crippen molar-refractivity contribution >= 4 is 11.8 Å². The Hall–Kier alpha value is -1.84. The molecule has 0 bridgehead atoms. The van der Waals surface area contributed by atoms with Crippen LogP contribution in [0.25, 0.3) is 0 Å². The molecule has 0 radical (unpaired) electrons. The maximum absolute atomic E-state index is 13.3. The Morgan fingerprint density at radius 1 is 1.19 bits per heavy atom. The van der Waals surface area contributed by atoms with Crippen LogP contribution in [0.4, 0.5) is 0 Å². The summed E-state index contributed by atoms with van der Waals surface area (Å²) in [5.74, 6) is 0.604. The molecule has 0 saturated carbocycles. The van der Waals surface area contributed by atoms with Crippen LogP contribution >= 0.6 is 0 Å². The number of hydrogen-bond acceptors (Lipinski definition) is 2. The van der Waals surface area contributed by atoms with E-state index in [-0.39, 0.29) is 23.1 Å². The maximum atomic E-state index is 13.3. The molecule has 1 unspecified atom stereocenters. The van der Waals surface area contributed by atoms with Crippen molar-refractivity contribution in [2.75, 3.05) is 19.6 Å². The third-order valence-electron chi connectivity index (χ3n) is 6.28. The van der Waals surface area contributed by atoms with Crippen LogP contribution in [-0.4, -0.2) is 41.2 Å². The molecule has 4 nitrogen and oxygen atoms in total. The van der Waals surface area contributed by atoms with Gasteiger partial charge < -0.3 is 9.80 Å². The van der Waals surface area contributed by atoms with E-state index in [1.165, 1.54) is 11.1 Å². The minimum atomic E-state index is -0.343. The summed E-state index contributed by atoms with van der Waals surface area (Å²) in [4.78, 5) is 30.0. The summed E-state index contributed by atoms with van der Waals surface area (Å²) in [6.45, 7) is 9.10. The number of benzene rings is 1. The van der Waals surface area contributed by atoms with Crippen LogP contribution in [0, 0.1) is 18.3 Å². The molecule has 1 spiro atoms. The fourth-order valence-corrected chi connectivity index (χ4v) is 4.67. The first-order valence-corrected chi connectivity index (χ1v) is 10.1. The fraction of sp³-hybridized carbons (Fsp3) is 0.636. The van der Waals surface area contributed by atoms with E-state index in [1.54, 1.807) is 0 Å². The first-order valence-electron chi connectivity index (χ1n) is 10.1. The summed E-state index contributed by atoms with van der Waals surface area (Å²) in [5.41, 5.74) is 2.08. The lowest BCUT2D eigenvalue weighted by Crippen LogP contribution is -2.50. The van der Waals surface area contributed by atoms with Gasteiger partial charge in [-0.25, -0.2) is 0 Å². The van der Waals surface area contributed by atoms with E-state index in [0.29, 0.717) is 13.1 Å². The van der Waals surface area contributed by atoms with Gasteiger partial charge in [-0.3, -0.25) is 9.59 Å². The Kier molecular flexibility index (Phi) is 5.69. The monoisotopic (exact) mass is 356 g/mol. The maximum Gasteiger partial charge on any atom is 0.230 e. The van der Waals surface area contributed by atoms with Gasteiger partial charge in [0.05, 0.1) is 5.41 Å². The molecule has 2 heterocycles. The summed E-state index contributed by atoms with van der Waals surface area (Å²) in [6.07, 6.45) is 4.54. The molecule has 2 aliphatic heterocycles. The SMILES string of the molecule is CCC(CC)C(=O)N1CCC2(CCCN(Cc3cccc(C)c3)C2=O)C1. The molecule has 3 rings (SSSR count). The quantitative estimate of drug-likeness (QED) is 0.806. The smallest absolute Gasteiger partial charge is 0.230 e. The molecule has 26 heavy (non-hydrogen) atoms. The second-order valence-corrected chi connectivity index (χ2v) is 8.12. The van der Waals surface area contributed by atoms with Crippen LogP contribution in [0.3, 0.4) is 0 Å². The highest BCUT2D eigenvalue weighted by Crippen LogP contribution is 2.41. The minimum Gasteiger partial charge on any atom is -0.341 e. The molecular formula is C22H32N2O2. The summed E-state index contributed by atoms with van der Waals surface area (Å²) >= 11 is 0. The molecule has 0 N–H and O–H groups in total. The van der Waals surface area contributed by atoms with E-state index in [4.69, 9.17) is 0 Å². The van der Waals surface area contributed by atoms with Crippen LogP contribution in [0.5, 0.6) is 0 Å². The molecule has 142 valence electrons. The third-order valence-corrected chi connectivity index (χ3v) is 6.28. The molecule has 0 aliphatic carbocycles. The van der Waals surface area contributed by atoms with Gasteiger partial charge in [-0.15, -0.1) is 0 Å². The van der Waals surface area contributed by atoms with Gasteiger partial charge >= 0.3 is 0 Å². The average Bonchev–Trinajstić information content (AvgIpc) is 3.05. The lowest BCUT2D eigenvalue weighted by atomic mass is 9.78. The zero-order chi connectivity index (χ0) is 18.7. The van der Waals surface area contributed by atoms with Crippen LogP contribution < -0.4 is 0 Å². The summed E-state index contributed by atoms with van der Waals surface area (Å²) < 4.78 is 0. The predicted octanol–water partition coefficient (Wildman–Crippen LogP) is 3.77. The van der Waals surface area contributed by atoms with Crippen LogP contribution in [0.1, 0.15) is 57.1 Å². The van der Waals surface area contributed by atoms with Crippen molar-refractivity contribution < 1.29 is 9.59 Å². The van der Waals surface area contributed by atoms with Crippen molar-refractivity contribution in [3.63, 3.8) is 0 Å². The number of hydrogen-bond donors (Lipinski definition) is 0. The van der Waals surface area contributed by atoms with E-state index in [0.717, 1.165) is 45.2 Å². The standard InChI is InChI=1S/C22H32N2O2/c1-4-19(5-2)20(25)24-13-11-22(16-24)10-7-12-23(21(22)26)15-18-9-6-8-17(3)14-18/h6,8-9,14,19H,4-5,7,10-13,15-16H2,1-3H3. The van der Waals surface area contributed by atoms with E-state index in [2.05, 4.69) is 45.0 Å². The Labute approximate surface area is 157 Å². The summed E-state index contributed by atoms with van der Waals surface area (Å²) in [7, 11) is 0. The van der Waals surface area contributed by atoms with Gasteiger partial charge in [0.25, 0.3) is 0 Å². The van der Waals surface area contributed by atoms with E-state index in [9.17, 15) is 9.59 Å². The summed E-state index contributed by atoms with van der Waals surface area (Å²) in [5, 5.41) is 0. The van der Waals surface area contributed by atoms with Gasteiger partial charge in [0, 0.05) is 32.1 Å². The van der Waals surface area contributed by atoms with Crippen molar-refractivity contribution in [3.8, 4) is 0 Å². The van der Waals surface area contributed by atoms with E-state index < -0.39 is 0 Å². The Balaban J connectivity index is 1.70. The van der Waals surface area contributed by atoms with Crippen LogP contribution in [-0.2, 0) is 16.1 Å². The van der Waals surface area contributed by atoms with Gasteiger partial charge in [-0.2, -0.15) is 0 Å². The zero-order valence-corrected chi connectivity index (χ0v) is 16.5.